The van der Waals surface area contributed by atoms with Gasteiger partial charge in [-0.05, 0) is 38.3 Å². The Balaban J connectivity index is 1.46. The van der Waals surface area contributed by atoms with Gasteiger partial charge in [-0.1, -0.05) is 0 Å². The van der Waals surface area contributed by atoms with Gasteiger partial charge in [0.25, 0.3) is 5.91 Å². The Kier molecular flexibility index (Phi) is 3.32. The Morgan fingerprint density at radius 3 is 2.95 bits per heavy atom. The van der Waals surface area contributed by atoms with Crippen molar-refractivity contribution in [1.82, 2.24) is 15.6 Å². The highest BCUT2D eigenvalue weighted by molar-refractivity contribution is 7.22. The number of hydrogen-bond donors (Lipinski definition) is 2. The van der Waals surface area contributed by atoms with Crippen LogP contribution in [-0.4, -0.2) is 29.0 Å². The fourth-order valence-electron chi connectivity index (χ4n) is 3.27. The molecule has 2 aromatic heterocycles. The summed E-state index contributed by atoms with van der Waals surface area (Å²) in [6, 6.07) is 5.28. The molecule has 0 radical (unpaired) electrons. The minimum atomic E-state index is 0.0545. The molecule has 110 valence electrons. The second kappa shape index (κ2) is 5.19. The number of rotatable bonds is 3. The van der Waals surface area contributed by atoms with Crippen LogP contribution in [0.3, 0.4) is 0 Å². The van der Waals surface area contributed by atoms with Gasteiger partial charge in [0.1, 0.15) is 5.01 Å². The van der Waals surface area contributed by atoms with Gasteiger partial charge >= 0.3 is 0 Å². The van der Waals surface area contributed by atoms with Gasteiger partial charge in [0.05, 0.1) is 9.75 Å². The molecule has 2 fully saturated rings. The first-order chi connectivity index (χ1) is 10.2. The quantitative estimate of drug-likeness (QED) is 0.915. The number of thiazole rings is 1. The van der Waals surface area contributed by atoms with Crippen molar-refractivity contribution in [2.45, 2.75) is 44.3 Å². The number of nitrogens with zero attached hydrogens (tertiary/aromatic N) is 1. The molecule has 0 unspecified atom stereocenters. The van der Waals surface area contributed by atoms with Gasteiger partial charge in [-0.25, -0.2) is 4.98 Å². The van der Waals surface area contributed by atoms with Gasteiger partial charge in [0.15, 0.2) is 0 Å². The Hall–Kier alpha value is -1.24. The lowest BCUT2D eigenvalue weighted by atomic mass is 9.95. The summed E-state index contributed by atoms with van der Waals surface area (Å²) in [6.07, 6.45) is 5.38. The highest BCUT2D eigenvalue weighted by Crippen LogP contribution is 2.32. The minimum Gasteiger partial charge on any atom is -0.347 e. The average molecular weight is 319 g/mol. The molecule has 2 aliphatic rings. The molecule has 2 N–H and O–H groups in total. The van der Waals surface area contributed by atoms with Crippen molar-refractivity contribution in [3.8, 4) is 9.88 Å². The molecule has 2 bridgehead atoms. The van der Waals surface area contributed by atoms with Crippen LogP contribution < -0.4 is 10.6 Å². The Labute approximate surface area is 131 Å². The lowest BCUT2D eigenvalue weighted by molar-refractivity contribution is 0.0935. The molecular formula is C15H17N3OS2. The van der Waals surface area contributed by atoms with E-state index < -0.39 is 0 Å². The van der Waals surface area contributed by atoms with E-state index in [0.717, 1.165) is 21.2 Å². The number of hydrogen-bond acceptors (Lipinski definition) is 5. The number of carbonyl (C=O) groups excluding carboxylic acids is 1. The summed E-state index contributed by atoms with van der Waals surface area (Å²) in [5.41, 5.74) is 0. The van der Waals surface area contributed by atoms with Gasteiger partial charge in [-0.3, -0.25) is 4.79 Å². The molecule has 2 aliphatic heterocycles. The molecule has 0 spiro atoms. The van der Waals surface area contributed by atoms with E-state index in [1.54, 1.807) is 11.3 Å². The molecular weight excluding hydrogens is 302 g/mol. The SMILES string of the molecule is Cc1cnc(-c2ccc(C(=O)N[C@@H]3C[C@H]4CC[C@@H]3N4)s2)s1. The maximum absolute atomic E-state index is 12.4. The molecule has 21 heavy (non-hydrogen) atoms. The van der Waals surface area contributed by atoms with E-state index in [2.05, 4.69) is 15.6 Å². The van der Waals surface area contributed by atoms with Crippen molar-refractivity contribution in [2.24, 2.45) is 0 Å². The van der Waals surface area contributed by atoms with Crippen molar-refractivity contribution in [3.05, 3.63) is 28.1 Å². The second-order valence-electron chi connectivity index (χ2n) is 5.80. The fourth-order valence-corrected chi connectivity index (χ4v) is 5.00. The molecule has 3 atom stereocenters. The molecule has 4 rings (SSSR count). The zero-order valence-electron chi connectivity index (χ0n) is 11.8. The smallest absolute Gasteiger partial charge is 0.261 e. The first-order valence-electron chi connectivity index (χ1n) is 7.28. The van der Waals surface area contributed by atoms with Crippen molar-refractivity contribution >= 4 is 28.6 Å². The summed E-state index contributed by atoms with van der Waals surface area (Å²) in [5.74, 6) is 0.0545. The van der Waals surface area contributed by atoms with Crippen LogP contribution in [0.15, 0.2) is 18.3 Å². The number of fused-ring (bicyclic) bond motifs is 2. The van der Waals surface area contributed by atoms with E-state index in [9.17, 15) is 4.79 Å². The van der Waals surface area contributed by atoms with Crippen molar-refractivity contribution < 1.29 is 4.79 Å². The van der Waals surface area contributed by atoms with Crippen molar-refractivity contribution in [3.63, 3.8) is 0 Å². The van der Waals surface area contributed by atoms with Crippen LogP contribution in [0.5, 0.6) is 0 Å². The Morgan fingerprint density at radius 1 is 1.38 bits per heavy atom. The predicted octanol–water partition coefficient (Wildman–Crippen LogP) is 2.80. The van der Waals surface area contributed by atoms with Crippen LogP contribution in [0, 0.1) is 6.92 Å². The van der Waals surface area contributed by atoms with Crippen LogP contribution in [0.1, 0.15) is 33.8 Å². The zero-order chi connectivity index (χ0) is 14.4. The number of aryl methyl sites for hydroxylation is 1. The molecule has 1 amide bonds. The maximum Gasteiger partial charge on any atom is 0.261 e. The topological polar surface area (TPSA) is 54.0 Å². The fraction of sp³-hybridized carbons (Fsp3) is 0.467. The van der Waals surface area contributed by atoms with Crippen LogP contribution in [-0.2, 0) is 0 Å². The van der Waals surface area contributed by atoms with Crippen molar-refractivity contribution in [2.75, 3.05) is 0 Å². The Morgan fingerprint density at radius 2 is 2.29 bits per heavy atom. The molecule has 2 saturated heterocycles. The standard InChI is InChI=1S/C15H17N3OS2/c1-8-7-16-15(20-8)13-5-4-12(21-13)14(19)18-11-6-9-2-3-10(11)17-9/h4-5,7,9-11,17H,2-3,6H2,1H3,(H,18,19)/t9-,10+,11-/m1/s1. The van der Waals surface area contributed by atoms with Crippen LogP contribution in [0.4, 0.5) is 0 Å². The van der Waals surface area contributed by atoms with E-state index in [0.29, 0.717) is 18.1 Å². The summed E-state index contributed by atoms with van der Waals surface area (Å²) in [6.45, 7) is 2.05. The summed E-state index contributed by atoms with van der Waals surface area (Å²) in [7, 11) is 0. The molecule has 6 heteroatoms. The first kappa shape index (κ1) is 13.4. The summed E-state index contributed by atoms with van der Waals surface area (Å²) in [5, 5.41) is 7.74. The monoisotopic (exact) mass is 319 g/mol. The molecule has 4 heterocycles. The average Bonchev–Trinajstić information content (AvgIpc) is 3.22. The van der Waals surface area contributed by atoms with E-state index in [4.69, 9.17) is 0 Å². The van der Waals surface area contributed by atoms with Gasteiger partial charge in [-0.2, -0.15) is 0 Å². The van der Waals surface area contributed by atoms with Gasteiger partial charge in [0, 0.05) is 29.2 Å². The van der Waals surface area contributed by atoms with Crippen LogP contribution in [0.25, 0.3) is 9.88 Å². The van der Waals surface area contributed by atoms with Gasteiger partial charge in [0.2, 0.25) is 0 Å². The van der Waals surface area contributed by atoms with E-state index in [-0.39, 0.29) is 5.91 Å². The lowest BCUT2D eigenvalue weighted by Gasteiger charge is -2.20. The summed E-state index contributed by atoms with van der Waals surface area (Å²) in [4.78, 5) is 19.8. The van der Waals surface area contributed by atoms with E-state index in [1.165, 1.54) is 29.1 Å². The molecule has 4 nitrogen and oxygen atoms in total. The lowest BCUT2D eigenvalue weighted by Crippen LogP contribution is -2.42. The molecule has 0 saturated carbocycles. The second-order valence-corrected chi connectivity index (χ2v) is 8.12. The minimum absolute atomic E-state index is 0.0545. The third kappa shape index (κ3) is 2.52. The highest BCUT2D eigenvalue weighted by atomic mass is 32.1. The van der Waals surface area contributed by atoms with E-state index >= 15 is 0 Å². The number of thiophene rings is 1. The first-order valence-corrected chi connectivity index (χ1v) is 8.92. The predicted molar refractivity (Wildman–Crippen MR) is 86.0 cm³/mol. The van der Waals surface area contributed by atoms with Crippen LogP contribution >= 0.6 is 22.7 Å². The highest BCUT2D eigenvalue weighted by Gasteiger charge is 2.39. The molecule has 0 aromatic carbocycles. The zero-order valence-corrected chi connectivity index (χ0v) is 13.4. The number of aromatic nitrogens is 1. The molecule has 2 aromatic rings. The van der Waals surface area contributed by atoms with E-state index in [1.807, 2.05) is 25.3 Å². The van der Waals surface area contributed by atoms with Crippen LogP contribution in [0.2, 0.25) is 0 Å². The third-order valence-corrected chi connectivity index (χ3v) is 6.44. The normalized spacial score (nSPS) is 27.2. The number of nitrogens with one attached hydrogen (secondary N) is 2. The largest absolute Gasteiger partial charge is 0.347 e. The number of amides is 1. The third-order valence-electron chi connectivity index (χ3n) is 4.28. The van der Waals surface area contributed by atoms with Gasteiger partial charge < -0.3 is 10.6 Å². The van der Waals surface area contributed by atoms with Crippen molar-refractivity contribution in [1.29, 1.82) is 0 Å². The molecule has 0 aliphatic carbocycles. The maximum atomic E-state index is 12.4. The summed E-state index contributed by atoms with van der Waals surface area (Å²) >= 11 is 3.19. The Bertz CT molecular complexity index is 678. The number of carbonyl (C=O) groups is 1. The summed E-state index contributed by atoms with van der Waals surface area (Å²) < 4.78 is 0. The van der Waals surface area contributed by atoms with Gasteiger partial charge in [-0.15, -0.1) is 22.7 Å².